The zero-order chi connectivity index (χ0) is 37.3. The summed E-state index contributed by atoms with van der Waals surface area (Å²) >= 11 is 1.86. The number of nitrogens with zero attached hydrogens (tertiary/aromatic N) is 2. The lowest BCUT2D eigenvalue weighted by Crippen LogP contribution is -1.94. The van der Waals surface area contributed by atoms with E-state index < -0.39 is 0 Å². The zero-order valence-corrected chi connectivity index (χ0v) is 31.7. The van der Waals surface area contributed by atoms with Gasteiger partial charge in [0.05, 0.1) is 22.1 Å². The minimum Gasteiger partial charge on any atom is -0.309 e. The fourth-order valence-electron chi connectivity index (χ4n) is 8.84. The van der Waals surface area contributed by atoms with Crippen molar-refractivity contribution in [3.8, 4) is 33.6 Å². The maximum absolute atomic E-state index is 3.98. The zero-order valence-electron chi connectivity index (χ0n) is 30.9. The number of rotatable bonds is 6. The SMILES string of the molecule is C=C/C=C\c1c(C)sc2ccc3c(c4cc(-c5ccc6c(c5)c5ccccc5n6-c5ccc6ccccc6c5)ccc4n3-c3ccc(-c4ccccc4)cc3)c12. The van der Waals surface area contributed by atoms with Crippen molar-refractivity contribution in [2.24, 2.45) is 0 Å². The predicted octanol–water partition coefficient (Wildman–Crippen LogP) is 15.1. The molecule has 8 aromatic carbocycles. The molecular weight excluding hydrogens is 697 g/mol. The number of aromatic nitrogens is 2. The molecule has 3 heteroatoms. The molecule has 0 saturated carbocycles. The summed E-state index contributed by atoms with van der Waals surface area (Å²) in [5.41, 5.74) is 13.2. The maximum Gasteiger partial charge on any atom is 0.0548 e. The Morgan fingerprint density at radius 1 is 0.464 bits per heavy atom. The maximum atomic E-state index is 3.98. The number of allylic oxidation sites excluding steroid dienone is 2. The Labute approximate surface area is 329 Å². The monoisotopic (exact) mass is 732 g/mol. The number of benzene rings is 8. The number of hydrogen-bond donors (Lipinski definition) is 0. The number of hydrogen-bond acceptors (Lipinski definition) is 1. The van der Waals surface area contributed by atoms with Crippen LogP contribution in [0.5, 0.6) is 0 Å². The van der Waals surface area contributed by atoms with Gasteiger partial charge in [-0.1, -0.05) is 128 Å². The Morgan fingerprint density at radius 3 is 1.88 bits per heavy atom. The van der Waals surface area contributed by atoms with Gasteiger partial charge in [0.15, 0.2) is 0 Å². The summed E-state index contributed by atoms with van der Waals surface area (Å²) in [4.78, 5) is 1.31. The van der Waals surface area contributed by atoms with E-state index in [-0.39, 0.29) is 0 Å². The van der Waals surface area contributed by atoms with Crippen LogP contribution in [0.2, 0.25) is 0 Å². The Hall–Kier alpha value is -6.94. The Kier molecular flexibility index (Phi) is 7.45. The van der Waals surface area contributed by atoms with E-state index in [1.807, 2.05) is 17.4 Å². The Balaban J connectivity index is 1.14. The van der Waals surface area contributed by atoms with Crippen LogP contribution in [0.1, 0.15) is 10.4 Å². The van der Waals surface area contributed by atoms with Gasteiger partial charge in [0.25, 0.3) is 0 Å². The highest BCUT2D eigenvalue weighted by molar-refractivity contribution is 7.19. The lowest BCUT2D eigenvalue weighted by Gasteiger charge is -2.11. The quantitative estimate of drug-likeness (QED) is 0.151. The molecule has 0 aliphatic rings. The molecule has 11 aromatic rings. The van der Waals surface area contributed by atoms with Crippen molar-refractivity contribution in [1.82, 2.24) is 9.13 Å². The molecule has 0 N–H and O–H groups in total. The molecule has 0 unspecified atom stereocenters. The average molecular weight is 733 g/mol. The van der Waals surface area contributed by atoms with Gasteiger partial charge in [-0.2, -0.15) is 0 Å². The van der Waals surface area contributed by atoms with E-state index in [1.54, 1.807) is 0 Å². The first kappa shape index (κ1) is 32.5. The van der Waals surface area contributed by atoms with E-state index in [4.69, 9.17) is 0 Å². The lowest BCUT2D eigenvalue weighted by molar-refractivity contribution is 1.18. The summed E-state index contributed by atoms with van der Waals surface area (Å²) in [6, 6.07) is 62.4. The second kappa shape index (κ2) is 12.8. The highest BCUT2D eigenvalue weighted by atomic mass is 32.1. The van der Waals surface area contributed by atoms with Gasteiger partial charge in [0.2, 0.25) is 0 Å². The molecular formula is C53H36N2S. The topological polar surface area (TPSA) is 9.86 Å². The second-order valence-electron chi connectivity index (χ2n) is 14.6. The summed E-state index contributed by atoms with van der Waals surface area (Å²) in [6.07, 6.45) is 6.15. The summed E-state index contributed by atoms with van der Waals surface area (Å²) in [5.74, 6) is 0. The van der Waals surface area contributed by atoms with Crippen LogP contribution in [0.25, 0.3) is 104 Å². The molecule has 0 aliphatic heterocycles. The molecule has 0 aliphatic carbocycles. The van der Waals surface area contributed by atoms with Crippen molar-refractivity contribution >= 4 is 81.9 Å². The summed E-state index contributed by atoms with van der Waals surface area (Å²) in [7, 11) is 0. The van der Waals surface area contributed by atoms with Crippen LogP contribution in [0.15, 0.2) is 189 Å². The molecule has 0 bridgehead atoms. The Bertz CT molecular complexity index is 3370. The summed E-state index contributed by atoms with van der Waals surface area (Å²) in [5, 5.41) is 8.83. The number of aryl methyl sites for hydroxylation is 1. The van der Waals surface area contributed by atoms with Crippen LogP contribution in [0, 0.1) is 6.92 Å². The van der Waals surface area contributed by atoms with Crippen molar-refractivity contribution < 1.29 is 0 Å². The highest BCUT2D eigenvalue weighted by Crippen LogP contribution is 2.44. The first-order chi connectivity index (χ1) is 27.6. The molecule has 3 heterocycles. The van der Waals surface area contributed by atoms with Gasteiger partial charge in [-0.25, -0.2) is 0 Å². The van der Waals surface area contributed by atoms with Gasteiger partial charge >= 0.3 is 0 Å². The summed E-state index contributed by atoms with van der Waals surface area (Å²) < 4.78 is 6.15. The smallest absolute Gasteiger partial charge is 0.0548 e. The van der Waals surface area contributed by atoms with E-state index >= 15 is 0 Å². The molecule has 56 heavy (non-hydrogen) atoms. The van der Waals surface area contributed by atoms with Gasteiger partial charge in [-0.05, 0) is 112 Å². The lowest BCUT2D eigenvalue weighted by atomic mass is 9.99. The highest BCUT2D eigenvalue weighted by Gasteiger charge is 2.20. The molecule has 2 nitrogen and oxygen atoms in total. The first-order valence-electron chi connectivity index (χ1n) is 19.1. The van der Waals surface area contributed by atoms with Crippen molar-refractivity contribution in [3.05, 3.63) is 199 Å². The predicted molar refractivity (Wildman–Crippen MR) is 243 cm³/mol. The number of fused-ring (bicyclic) bond motifs is 9. The molecule has 0 fully saturated rings. The third-order valence-electron chi connectivity index (χ3n) is 11.4. The van der Waals surface area contributed by atoms with E-state index in [0.717, 1.165) is 5.69 Å². The number of thiophene rings is 1. The van der Waals surface area contributed by atoms with Crippen molar-refractivity contribution in [1.29, 1.82) is 0 Å². The van der Waals surface area contributed by atoms with Crippen LogP contribution < -0.4 is 0 Å². The van der Waals surface area contributed by atoms with E-state index in [1.165, 1.54) is 103 Å². The molecule has 3 aromatic heterocycles. The standard InChI is InChI=1S/C53H36N2S/c1-3-4-16-43-34(2)56-51-30-29-50-52(53(43)51)46-33-40(23-28-49(46)54(50)41-24-19-37(20-25-41)35-12-6-5-7-13-35)39-22-27-48-45(32-39)44-17-10-11-18-47(44)55(48)42-26-21-36-14-8-9-15-38(36)31-42/h3-33H,1H2,2H3/b16-4-. The average Bonchev–Trinajstić information content (AvgIpc) is 3.88. The third-order valence-corrected chi connectivity index (χ3v) is 12.5. The van der Waals surface area contributed by atoms with Gasteiger partial charge in [0.1, 0.15) is 0 Å². The van der Waals surface area contributed by atoms with Gasteiger partial charge in [-0.3, -0.25) is 0 Å². The van der Waals surface area contributed by atoms with Crippen LogP contribution in [0.4, 0.5) is 0 Å². The van der Waals surface area contributed by atoms with Crippen molar-refractivity contribution in [3.63, 3.8) is 0 Å². The van der Waals surface area contributed by atoms with E-state index in [2.05, 4.69) is 205 Å². The largest absolute Gasteiger partial charge is 0.309 e. The van der Waals surface area contributed by atoms with E-state index in [0.29, 0.717) is 0 Å². The van der Waals surface area contributed by atoms with Crippen LogP contribution >= 0.6 is 11.3 Å². The van der Waals surface area contributed by atoms with Gasteiger partial charge in [-0.15, -0.1) is 11.3 Å². The molecule has 0 saturated heterocycles. The van der Waals surface area contributed by atoms with Gasteiger partial charge in [0, 0.05) is 47.9 Å². The van der Waals surface area contributed by atoms with Crippen LogP contribution in [-0.4, -0.2) is 9.13 Å². The van der Waals surface area contributed by atoms with Gasteiger partial charge < -0.3 is 9.13 Å². The van der Waals surface area contributed by atoms with Crippen molar-refractivity contribution in [2.45, 2.75) is 6.92 Å². The molecule has 0 spiro atoms. The van der Waals surface area contributed by atoms with Crippen molar-refractivity contribution in [2.75, 3.05) is 0 Å². The van der Waals surface area contributed by atoms with E-state index in [9.17, 15) is 0 Å². The molecule has 0 radical (unpaired) electrons. The van der Waals surface area contributed by atoms with Crippen LogP contribution in [0.3, 0.4) is 0 Å². The Morgan fingerprint density at radius 2 is 1.07 bits per heavy atom. The normalized spacial score (nSPS) is 12.0. The number of para-hydroxylation sites is 1. The summed E-state index contributed by atoms with van der Waals surface area (Å²) in [6.45, 7) is 6.21. The fraction of sp³-hybridized carbons (Fsp3) is 0.0189. The second-order valence-corrected chi connectivity index (χ2v) is 15.9. The van der Waals surface area contributed by atoms with Crippen LogP contribution in [-0.2, 0) is 0 Å². The minimum absolute atomic E-state index is 1.15. The molecule has 0 amide bonds. The fourth-order valence-corrected chi connectivity index (χ4v) is 9.90. The molecule has 11 rings (SSSR count). The first-order valence-corrected chi connectivity index (χ1v) is 19.9. The minimum atomic E-state index is 1.15. The molecule has 0 atom stereocenters. The third kappa shape index (κ3) is 5.02. The molecule has 264 valence electrons.